The van der Waals surface area contributed by atoms with E-state index in [1.807, 2.05) is 6.08 Å². The van der Waals surface area contributed by atoms with E-state index in [0.717, 1.165) is 30.4 Å². The maximum absolute atomic E-state index is 10.1. The van der Waals surface area contributed by atoms with Crippen molar-refractivity contribution in [1.82, 2.24) is 0 Å². The first-order chi connectivity index (χ1) is 14.2. The summed E-state index contributed by atoms with van der Waals surface area (Å²) in [5, 5.41) is 0. The van der Waals surface area contributed by atoms with Gasteiger partial charge in [0.05, 0.1) is 27.2 Å². The van der Waals surface area contributed by atoms with Crippen LogP contribution in [0.5, 0.6) is 0 Å². The quantitative estimate of drug-likeness (QED) is 0.106. The topological polar surface area (TPSA) is 66.4 Å². The van der Waals surface area contributed by atoms with Gasteiger partial charge in [0.15, 0.2) is 0 Å². The number of hydrogen-bond donors (Lipinski definition) is 0. The molecule has 0 aliphatic rings. The van der Waals surface area contributed by atoms with Crippen molar-refractivity contribution in [3.63, 3.8) is 0 Å². The number of nitrogens with zero attached hydrogens (tertiary/aromatic N) is 1. The van der Waals surface area contributed by atoms with Crippen molar-refractivity contribution in [2.45, 2.75) is 77.7 Å². The van der Waals surface area contributed by atoms with Crippen LogP contribution in [0.3, 0.4) is 0 Å². The zero-order valence-electron chi connectivity index (χ0n) is 19.4. The number of hydrogen-bond acceptors (Lipinski definition) is 4. The maximum Gasteiger partial charge on any atom is 0.217 e. The highest BCUT2D eigenvalue weighted by Crippen LogP contribution is 2.11. The fourth-order valence-corrected chi connectivity index (χ4v) is 3.56. The molecule has 0 N–H and O–H groups in total. The highest BCUT2D eigenvalue weighted by atomic mass is 32.3. The molecule has 174 valence electrons. The van der Waals surface area contributed by atoms with Crippen LogP contribution in [0, 0.1) is 0 Å². The van der Waals surface area contributed by atoms with Crippen LogP contribution in [-0.4, -0.2) is 44.7 Å². The van der Waals surface area contributed by atoms with Gasteiger partial charge >= 0.3 is 0 Å². The first kappa shape index (κ1) is 28.8. The number of unbranched alkanes of at least 4 members (excludes halogenated alkanes) is 9. The molecule has 0 radical (unpaired) electrons. The Morgan fingerprint density at radius 2 is 1.43 bits per heavy atom. The Morgan fingerprint density at radius 1 is 0.933 bits per heavy atom. The van der Waals surface area contributed by atoms with Gasteiger partial charge in [0.25, 0.3) is 0 Å². The average molecular weight is 442 g/mol. The van der Waals surface area contributed by atoms with Gasteiger partial charge in [0.1, 0.15) is 6.54 Å². The number of quaternary nitrogens is 1. The molecule has 0 bridgehead atoms. The van der Waals surface area contributed by atoms with E-state index in [0.29, 0.717) is 6.42 Å². The number of likely N-dealkylation sites (N-methyl/N-ethyl adjacent to an activating group) is 1. The van der Waals surface area contributed by atoms with Crippen LogP contribution in [0.15, 0.2) is 43.0 Å². The number of rotatable bonds is 16. The lowest BCUT2D eigenvalue weighted by Crippen LogP contribution is -2.38. The smallest absolute Gasteiger partial charge is 0.217 e. The van der Waals surface area contributed by atoms with Crippen LogP contribution < -0.4 is 0 Å². The fraction of sp³-hybridized carbons (Fsp3) is 0.667. The third-order valence-corrected chi connectivity index (χ3v) is 5.26. The van der Waals surface area contributed by atoms with Crippen molar-refractivity contribution >= 4 is 10.4 Å². The second-order valence-corrected chi connectivity index (χ2v) is 9.52. The Balaban J connectivity index is 0.000000579. The summed E-state index contributed by atoms with van der Waals surface area (Å²) in [5.74, 6) is 0. The van der Waals surface area contributed by atoms with E-state index in [-0.39, 0.29) is 6.61 Å². The Bertz CT molecular complexity index is 630. The monoisotopic (exact) mass is 441 g/mol. The lowest BCUT2D eigenvalue weighted by molar-refractivity contribution is -0.897. The Hall–Kier alpha value is -1.21. The summed E-state index contributed by atoms with van der Waals surface area (Å²) in [5.41, 5.74) is 1.38. The van der Waals surface area contributed by atoms with Gasteiger partial charge in [-0.1, -0.05) is 102 Å². The van der Waals surface area contributed by atoms with Crippen molar-refractivity contribution in [2.75, 3.05) is 27.2 Å². The van der Waals surface area contributed by atoms with Crippen LogP contribution in [0.4, 0.5) is 0 Å². The minimum atomic E-state index is -4.48. The van der Waals surface area contributed by atoms with Gasteiger partial charge in [-0.15, -0.1) is 0 Å². The summed E-state index contributed by atoms with van der Waals surface area (Å²) in [6, 6.07) is 10.6. The van der Waals surface area contributed by atoms with Crippen LogP contribution in [-0.2, 0) is 21.1 Å². The lowest BCUT2D eigenvalue weighted by Gasteiger charge is -2.28. The van der Waals surface area contributed by atoms with E-state index >= 15 is 0 Å². The molecule has 0 saturated carbocycles. The number of benzene rings is 1. The van der Waals surface area contributed by atoms with Gasteiger partial charge in [-0.05, 0) is 12.5 Å². The molecule has 1 aromatic carbocycles. The van der Waals surface area contributed by atoms with E-state index in [4.69, 9.17) is 0 Å². The van der Waals surface area contributed by atoms with Crippen molar-refractivity contribution in [1.29, 1.82) is 0 Å². The summed E-state index contributed by atoms with van der Waals surface area (Å²) in [6.07, 6.45) is 13.7. The van der Waals surface area contributed by atoms with Gasteiger partial charge in [0, 0.05) is 5.56 Å². The molecule has 0 aliphatic carbocycles. The first-order valence-electron chi connectivity index (χ1n) is 11.3. The third kappa shape index (κ3) is 20.1. The average Bonchev–Trinajstić information content (AvgIpc) is 2.66. The van der Waals surface area contributed by atoms with E-state index in [1.165, 1.54) is 50.5 Å². The van der Waals surface area contributed by atoms with Gasteiger partial charge in [-0.25, -0.2) is 8.42 Å². The van der Waals surface area contributed by atoms with E-state index in [9.17, 15) is 13.0 Å². The summed E-state index contributed by atoms with van der Waals surface area (Å²) in [6.45, 7) is 8.09. The molecule has 5 nitrogen and oxygen atoms in total. The minimum Gasteiger partial charge on any atom is -0.726 e. The summed E-state index contributed by atoms with van der Waals surface area (Å²) in [7, 11) is -0.0505. The normalized spacial score (nSPS) is 11.6. The zero-order valence-corrected chi connectivity index (χ0v) is 20.2. The van der Waals surface area contributed by atoms with E-state index in [1.54, 1.807) is 0 Å². The predicted octanol–water partition coefficient (Wildman–Crippen LogP) is 5.83. The highest BCUT2D eigenvalue weighted by molar-refractivity contribution is 7.80. The van der Waals surface area contributed by atoms with Gasteiger partial charge in [0.2, 0.25) is 10.4 Å². The fourth-order valence-electron chi connectivity index (χ4n) is 3.24. The van der Waals surface area contributed by atoms with Crippen molar-refractivity contribution in [3.05, 3.63) is 48.6 Å². The third-order valence-electron chi connectivity index (χ3n) is 4.80. The van der Waals surface area contributed by atoms with Crippen LogP contribution >= 0.6 is 0 Å². The van der Waals surface area contributed by atoms with Crippen LogP contribution in [0.25, 0.3) is 0 Å². The SMILES string of the molecule is C=CC[N+](C)(C)Cc1ccccc1.CCCCCCCCCCCCOS(=O)(=O)[O-]. The lowest BCUT2D eigenvalue weighted by atomic mass is 10.1. The maximum atomic E-state index is 10.1. The molecule has 6 heteroatoms. The van der Waals surface area contributed by atoms with Crippen molar-refractivity contribution in [3.8, 4) is 0 Å². The van der Waals surface area contributed by atoms with Crippen molar-refractivity contribution in [2.24, 2.45) is 0 Å². The molecule has 0 atom stereocenters. The standard InChI is InChI=1S/C12H18N.C12H26O4S/c1-4-10-13(2,3)11-12-8-6-5-7-9-12;1-2-3-4-5-6-7-8-9-10-11-12-16-17(13,14)15/h4-9H,1,10-11H2,2-3H3;2-12H2,1H3,(H,13,14,15)/q+1;/p-1. The van der Waals surface area contributed by atoms with Crippen LogP contribution in [0.1, 0.15) is 76.7 Å². The van der Waals surface area contributed by atoms with E-state index in [2.05, 4.69) is 62.1 Å². The molecule has 0 aliphatic heterocycles. The second kappa shape index (κ2) is 17.5. The minimum absolute atomic E-state index is 0.0301. The molecular formula is C24H43NO4S. The molecule has 0 aromatic heterocycles. The molecule has 0 saturated heterocycles. The molecule has 0 spiro atoms. The molecule has 0 amide bonds. The molecule has 0 heterocycles. The Morgan fingerprint density at radius 3 is 1.90 bits per heavy atom. The Kier molecular flexibility index (Phi) is 16.8. The van der Waals surface area contributed by atoms with Gasteiger partial charge in [-0.2, -0.15) is 0 Å². The summed E-state index contributed by atoms with van der Waals surface area (Å²) in [4.78, 5) is 0. The zero-order chi connectivity index (χ0) is 22.7. The van der Waals surface area contributed by atoms with Gasteiger partial charge in [-0.3, -0.25) is 4.18 Å². The van der Waals surface area contributed by atoms with Crippen molar-refractivity contribution < 1.29 is 21.6 Å². The molecule has 1 aromatic rings. The van der Waals surface area contributed by atoms with Crippen LogP contribution in [0.2, 0.25) is 0 Å². The second-order valence-electron chi connectivity index (χ2n) is 8.46. The Labute approximate surface area is 185 Å². The molecule has 1 rings (SSSR count). The molecule has 0 fully saturated rings. The first-order valence-corrected chi connectivity index (χ1v) is 12.6. The summed E-state index contributed by atoms with van der Waals surface area (Å²) >= 11 is 0. The van der Waals surface area contributed by atoms with E-state index < -0.39 is 10.4 Å². The largest absolute Gasteiger partial charge is 0.726 e. The van der Waals surface area contributed by atoms with Gasteiger partial charge < -0.3 is 9.04 Å². The predicted molar refractivity (Wildman–Crippen MR) is 125 cm³/mol. The summed E-state index contributed by atoms with van der Waals surface area (Å²) < 4.78 is 35.4. The molecular weight excluding hydrogens is 398 g/mol. The molecule has 30 heavy (non-hydrogen) atoms. The molecule has 0 unspecified atom stereocenters. The highest BCUT2D eigenvalue weighted by Gasteiger charge is 2.12.